The molecule has 0 N–H and O–H groups in total. The van der Waals surface area contributed by atoms with Crippen LogP contribution in [0.1, 0.15) is 0 Å². The van der Waals surface area contributed by atoms with E-state index in [1.807, 2.05) is 0 Å². The van der Waals surface area contributed by atoms with Gasteiger partial charge in [0, 0.05) is 0 Å². The molecule has 2 nitrogen and oxygen atoms in total. The first-order valence-corrected chi connectivity index (χ1v) is 17.9. The molecule has 0 bridgehead atoms. The summed E-state index contributed by atoms with van der Waals surface area (Å²) in [5.74, 6) is 0. The maximum Gasteiger partial charge on any atom is 2.00 e. The predicted molar refractivity (Wildman–Crippen MR) is 205 cm³/mol. The molecule has 0 spiro atoms. The minimum Gasteiger partial charge on any atom is -0.136 e. The fourth-order valence-electron chi connectivity index (χ4n) is 4.63. The van der Waals surface area contributed by atoms with Crippen LogP contribution in [0.25, 0.3) is 0 Å². The van der Waals surface area contributed by atoms with Crippen LogP contribution in [0.15, 0.2) is 182 Å². The van der Waals surface area contributed by atoms with Crippen molar-refractivity contribution in [2.45, 2.75) is 0 Å². The smallest absolute Gasteiger partial charge is 0.136 e. The quantitative estimate of drug-likeness (QED) is 0.102. The monoisotopic (exact) mass is 704 g/mol. The van der Waals surface area contributed by atoms with Crippen LogP contribution in [0.3, 0.4) is 0 Å². The Morgan fingerprint density at radius 3 is 0.533 bits per heavy atom. The van der Waals surface area contributed by atoms with E-state index < -0.39 is 15.8 Å². The molecule has 0 aliphatic carbocycles. The van der Waals surface area contributed by atoms with Gasteiger partial charge >= 0.3 is 27.3 Å². The van der Waals surface area contributed by atoms with Gasteiger partial charge in [-0.25, -0.2) is 0 Å². The van der Waals surface area contributed by atoms with E-state index in [-0.39, 0.29) is 16.5 Å². The second-order valence-electron chi connectivity index (χ2n) is 9.17. The van der Waals surface area contributed by atoms with Crippen molar-refractivity contribution in [3.8, 4) is 10.8 Å². The van der Waals surface area contributed by atoms with Crippen molar-refractivity contribution in [3.05, 3.63) is 182 Å². The molecule has 0 unspecified atom stereocenters. The van der Waals surface area contributed by atoms with E-state index in [0.29, 0.717) is 0 Å². The summed E-state index contributed by atoms with van der Waals surface area (Å²) in [5, 5.41) is 26.2. The first-order chi connectivity index (χ1) is 21.7. The number of hydrogen-bond donors (Lipinski definition) is 0. The molecule has 0 aliphatic heterocycles. The Labute approximate surface area is 291 Å². The van der Waals surface area contributed by atoms with Crippen molar-refractivity contribution in [2.75, 3.05) is 0 Å². The molecule has 0 fully saturated rings. The van der Waals surface area contributed by atoms with Crippen molar-refractivity contribution in [2.24, 2.45) is 0 Å². The number of rotatable bonds is 6. The first-order valence-electron chi connectivity index (χ1n) is 13.9. The van der Waals surface area contributed by atoms with Crippen molar-refractivity contribution in [1.29, 1.82) is 10.5 Å². The number of nitriles is 2. The van der Waals surface area contributed by atoms with Gasteiger partial charge in [-0.1, -0.05) is 109 Å². The molecule has 0 saturated heterocycles. The van der Waals surface area contributed by atoms with Gasteiger partial charge in [0.05, 0.1) is 41.1 Å². The van der Waals surface area contributed by atoms with E-state index in [4.69, 9.17) is 10.5 Å². The number of nitrogens with zero attached hydrogens (tertiary/aromatic N) is 2. The molecule has 6 aromatic carbocycles. The Bertz CT molecular complexity index is 1370. The largest absolute Gasteiger partial charge is 2.00 e. The molecular weight excluding hydrogens is 669 g/mol. The molecule has 0 radical (unpaired) electrons. The van der Waals surface area contributed by atoms with Crippen LogP contribution in [0.4, 0.5) is 0 Å². The van der Waals surface area contributed by atoms with E-state index in [1.165, 1.54) is 31.8 Å². The van der Waals surface area contributed by atoms with Crippen molar-refractivity contribution < 1.29 is 16.5 Å². The third-order valence-electron chi connectivity index (χ3n) is 6.37. The standard InChI is InChI=1S/2C18H15P.2CHNS.Ni/c2*1-4-10-16(11-5-1)19(17-12-6-2-7-13-17)18-14-8-3-9-15-18;2*2-1-3;/h2*1-15H;2*3H;/q;;;;+2/p+4. The average molecular weight is 705 g/mol. The van der Waals surface area contributed by atoms with Gasteiger partial charge in [-0.15, -0.1) is 10.5 Å². The second kappa shape index (κ2) is 22.8. The molecule has 6 aromatic rings. The number of benzene rings is 6. The maximum absolute atomic E-state index is 7.23. The molecule has 45 heavy (non-hydrogen) atoms. The van der Waals surface area contributed by atoms with E-state index in [2.05, 4.69) is 207 Å². The van der Waals surface area contributed by atoms with E-state index in [9.17, 15) is 0 Å². The normalized spacial score (nSPS) is 9.29. The van der Waals surface area contributed by atoms with E-state index >= 15 is 0 Å². The third kappa shape index (κ3) is 12.7. The second-order valence-corrected chi connectivity index (χ2v) is 14.6. The molecule has 0 aliphatic rings. The third-order valence-corrected chi connectivity index (χ3v) is 11.8. The summed E-state index contributed by atoms with van der Waals surface area (Å²) in [5.41, 5.74) is 0. The van der Waals surface area contributed by atoms with Gasteiger partial charge in [-0.2, -0.15) is 0 Å². The summed E-state index contributed by atoms with van der Waals surface area (Å²) in [6, 6.07) is 65.0. The molecule has 0 saturated carbocycles. The fourth-order valence-corrected chi connectivity index (χ4v) is 9.78. The molecule has 7 heteroatoms. The van der Waals surface area contributed by atoms with Crippen LogP contribution in [0.5, 0.6) is 0 Å². The Kier molecular flexibility index (Phi) is 19.0. The van der Waals surface area contributed by atoms with Crippen LogP contribution in [0.2, 0.25) is 0 Å². The molecule has 0 atom stereocenters. The summed E-state index contributed by atoms with van der Waals surface area (Å²) in [6.07, 6.45) is 0. The average Bonchev–Trinajstić information content (AvgIpc) is 3.09. The predicted octanol–water partition coefficient (Wildman–Crippen LogP) is 5.31. The van der Waals surface area contributed by atoms with Crippen molar-refractivity contribution in [1.82, 2.24) is 0 Å². The van der Waals surface area contributed by atoms with E-state index in [0.717, 1.165) is 0 Å². The Morgan fingerprint density at radius 1 is 0.311 bits per heavy atom. The molecule has 6 rings (SSSR count). The van der Waals surface area contributed by atoms with E-state index in [1.54, 1.807) is 10.8 Å². The number of thiocyanates is 2. The van der Waals surface area contributed by atoms with Crippen LogP contribution in [0, 0.1) is 21.3 Å². The summed E-state index contributed by atoms with van der Waals surface area (Å²) in [7, 11) is -1.75. The van der Waals surface area contributed by atoms with Gasteiger partial charge in [0.25, 0.3) is 0 Å². The minimum atomic E-state index is -0.877. The minimum absolute atomic E-state index is 0. The van der Waals surface area contributed by atoms with Crippen molar-refractivity contribution in [3.63, 3.8) is 0 Å². The van der Waals surface area contributed by atoms with Gasteiger partial charge in [0.1, 0.15) is 31.8 Å². The molecule has 0 heterocycles. The Hall–Kier alpha value is -3.65. The topological polar surface area (TPSA) is 47.6 Å². The van der Waals surface area contributed by atoms with Crippen LogP contribution < -0.4 is 31.8 Å². The van der Waals surface area contributed by atoms with Crippen LogP contribution >= 0.6 is 15.8 Å². The summed E-state index contributed by atoms with van der Waals surface area (Å²) in [4.78, 5) is 0. The maximum atomic E-state index is 7.23. The van der Waals surface area contributed by atoms with Gasteiger partial charge < -0.3 is 0 Å². The van der Waals surface area contributed by atoms with Gasteiger partial charge in [-0.3, -0.25) is 0 Å². The Morgan fingerprint density at radius 2 is 0.422 bits per heavy atom. The summed E-state index contributed by atoms with van der Waals surface area (Å²) in [6.45, 7) is 0. The van der Waals surface area contributed by atoms with Crippen LogP contribution in [-0.2, 0) is 41.7 Å². The number of hydrogen-bond acceptors (Lipinski definition) is 2. The fraction of sp³-hybridized carbons (Fsp3) is 0. The van der Waals surface area contributed by atoms with Gasteiger partial charge in [0.2, 0.25) is 0 Å². The zero-order valence-corrected chi connectivity index (χ0v) is 29.5. The first kappa shape index (κ1) is 37.5. The van der Waals surface area contributed by atoms with Gasteiger partial charge in [0.15, 0.2) is 0 Å². The summed E-state index contributed by atoms with van der Waals surface area (Å²) >= 11 is 4.98. The summed E-state index contributed by atoms with van der Waals surface area (Å²) < 4.78 is 0. The zero-order chi connectivity index (χ0) is 31.2. The molecule has 0 aromatic heterocycles. The molecule has 224 valence electrons. The van der Waals surface area contributed by atoms with Crippen LogP contribution in [-0.4, -0.2) is 0 Å². The van der Waals surface area contributed by atoms with Gasteiger partial charge in [-0.05, 0) is 72.8 Å². The van der Waals surface area contributed by atoms with Crippen molar-refractivity contribution >= 4 is 72.9 Å². The molecular formula is C38H36N2NiP2S2+6. The molecule has 0 amide bonds. The SMILES string of the molecule is N#C[SH2+].N#C[SH2+].[Ni+2].c1ccc([PH+](c2ccccc2)c2ccccc2)cc1.c1ccc([PH+](c2ccccc2)c2ccccc2)cc1. The Balaban J connectivity index is 0.000000262. The zero-order valence-electron chi connectivity index (χ0n) is 24.5.